The molecule has 0 radical (unpaired) electrons. The van der Waals surface area contributed by atoms with E-state index < -0.39 is 0 Å². The molecule has 0 aliphatic rings. The smallest absolute Gasteiger partial charge is 0.141 e. The number of hydrogen-bond donors (Lipinski definition) is 0. The maximum atomic E-state index is 13.6. The van der Waals surface area contributed by atoms with E-state index in [1.807, 2.05) is 32.0 Å². The van der Waals surface area contributed by atoms with Crippen LogP contribution in [0.5, 0.6) is 5.75 Å². The molecule has 0 saturated carbocycles. The number of aryl methyl sites for hydroxylation is 1. The Morgan fingerprint density at radius 3 is 2.55 bits per heavy atom. The number of ether oxygens (including phenoxy) is 1. The van der Waals surface area contributed by atoms with Crippen LogP contribution in [-0.2, 0) is 0 Å². The Hall–Kier alpha value is -1.06. The van der Waals surface area contributed by atoms with Gasteiger partial charge in [0.05, 0.1) is 17.0 Å². The second kappa shape index (κ2) is 6.15. The predicted octanol–water partition coefficient (Wildman–Crippen LogP) is 5.54. The highest BCUT2D eigenvalue weighted by molar-refractivity contribution is 9.10. The van der Waals surface area contributed by atoms with Crippen LogP contribution in [0.4, 0.5) is 4.39 Å². The van der Waals surface area contributed by atoms with Crippen molar-refractivity contribution in [2.75, 3.05) is 7.11 Å². The van der Waals surface area contributed by atoms with Crippen molar-refractivity contribution in [2.45, 2.75) is 19.2 Å². The van der Waals surface area contributed by atoms with Gasteiger partial charge in [-0.15, -0.1) is 11.6 Å². The molecule has 2 aromatic rings. The number of alkyl halides is 1. The van der Waals surface area contributed by atoms with Gasteiger partial charge in [-0.05, 0) is 52.5 Å². The van der Waals surface area contributed by atoms with E-state index in [0.29, 0.717) is 10.2 Å². The van der Waals surface area contributed by atoms with Gasteiger partial charge < -0.3 is 4.74 Å². The summed E-state index contributed by atoms with van der Waals surface area (Å²) in [7, 11) is 1.51. The van der Waals surface area contributed by atoms with Crippen LogP contribution in [-0.4, -0.2) is 7.11 Å². The third-order valence-corrected chi connectivity index (χ3v) is 4.54. The topological polar surface area (TPSA) is 9.23 Å². The Morgan fingerprint density at radius 1 is 1.20 bits per heavy atom. The van der Waals surface area contributed by atoms with Crippen molar-refractivity contribution in [1.29, 1.82) is 0 Å². The van der Waals surface area contributed by atoms with Gasteiger partial charge in [-0.25, -0.2) is 4.39 Å². The van der Waals surface area contributed by atoms with Crippen LogP contribution >= 0.6 is 27.5 Å². The van der Waals surface area contributed by atoms with E-state index in [2.05, 4.69) is 15.9 Å². The van der Waals surface area contributed by atoms with Gasteiger partial charge in [0.2, 0.25) is 0 Å². The summed E-state index contributed by atoms with van der Waals surface area (Å²) in [6.07, 6.45) is 0. The van der Waals surface area contributed by atoms with Crippen LogP contribution < -0.4 is 4.74 Å². The highest BCUT2D eigenvalue weighted by atomic mass is 79.9. The lowest BCUT2D eigenvalue weighted by Crippen LogP contribution is -2.01. The van der Waals surface area contributed by atoms with Crippen molar-refractivity contribution in [3.8, 4) is 5.75 Å². The van der Waals surface area contributed by atoms with Gasteiger partial charge in [0.25, 0.3) is 0 Å². The molecule has 2 aromatic carbocycles. The van der Waals surface area contributed by atoms with Crippen LogP contribution in [0.2, 0.25) is 0 Å². The zero-order valence-corrected chi connectivity index (χ0v) is 13.8. The minimum atomic E-state index is -0.387. The van der Waals surface area contributed by atoms with Gasteiger partial charge in [-0.1, -0.05) is 18.2 Å². The van der Waals surface area contributed by atoms with Crippen molar-refractivity contribution < 1.29 is 9.13 Å². The summed E-state index contributed by atoms with van der Waals surface area (Å²) < 4.78 is 19.2. The Bertz CT molecular complexity index is 643. The van der Waals surface area contributed by atoms with E-state index in [-0.39, 0.29) is 11.2 Å². The van der Waals surface area contributed by atoms with Gasteiger partial charge in [0, 0.05) is 11.6 Å². The van der Waals surface area contributed by atoms with Gasteiger partial charge in [-0.3, -0.25) is 0 Å². The van der Waals surface area contributed by atoms with Crippen LogP contribution in [0, 0.1) is 19.7 Å². The normalized spacial score (nSPS) is 12.3. The van der Waals surface area contributed by atoms with Crippen LogP contribution in [0.1, 0.15) is 27.6 Å². The summed E-state index contributed by atoms with van der Waals surface area (Å²) in [4.78, 5) is 0. The molecule has 2 rings (SSSR count). The molecule has 20 heavy (non-hydrogen) atoms. The second-order valence-corrected chi connectivity index (χ2v) is 5.95. The largest absolute Gasteiger partial charge is 0.496 e. The van der Waals surface area contributed by atoms with Crippen molar-refractivity contribution in [2.24, 2.45) is 0 Å². The predicted molar refractivity (Wildman–Crippen MR) is 84.3 cm³/mol. The third kappa shape index (κ3) is 2.84. The minimum Gasteiger partial charge on any atom is -0.496 e. The zero-order chi connectivity index (χ0) is 14.9. The molecule has 0 heterocycles. The Balaban J connectivity index is 2.55. The summed E-state index contributed by atoms with van der Waals surface area (Å²) >= 11 is 9.79. The minimum absolute atomic E-state index is 0.365. The van der Waals surface area contributed by atoms with Gasteiger partial charge in [0.15, 0.2) is 0 Å². The number of rotatable bonds is 3. The molecule has 106 valence electrons. The summed E-state index contributed by atoms with van der Waals surface area (Å²) in [5, 5.41) is -0.387. The van der Waals surface area contributed by atoms with Gasteiger partial charge in [-0.2, -0.15) is 0 Å². The summed E-state index contributed by atoms with van der Waals surface area (Å²) in [6.45, 7) is 4.07. The molecule has 0 aliphatic carbocycles. The van der Waals surface area contributed by atoms with Crippen molar-refractivity contribution in [3.63, 3.8) is 0 Å². The number of benzene rings is 2. The SMILES string of the molecule is COc1cc(F)c(Br)cc1C(Cl)c1cccc(C)c1C. The lowest BCUT2D eigenvalue weighted by molar-refractivity contribution is 0.406. The van der Waals surface area contributed by atoms with E-state index in [1.165, 1.54) is 18.7 Å². The number of methoxy groups -OCH3 is 1. The first-order valence-corrected chi connectivity index (χ1v) is 7.41. The fourth-order valence-corrected chi connectivity index (χ4v) is 2.90. The number of halogens is 3. The molecule has 1 nitrogen and oxygen atoms in total. The molecule has 0 aromatic heterocycles. The van der Waals surface area contributed by atoms with Crippen molar-refractivity contribution >= 4 is 27.5 Å². The van der Waals surface area contributed by atoms with Crippen molar-refractivity contribution in [3.05, 3.63) is 62.9 Å². The molecular weight excluding hydrogens is 343 g/mol. The van der Waals surface area contributed by atoms with Crippen LogP contribution in [0.25, 0.3) is 0 Å². The lowest BCUT2D eigenvalue weighted by atomic mass is 9.96. The Labute approximate surface area is 131 Å². The Kier molecular flexibility index (Phi) is 4.71. The number of hydrogen-bond acceptors (Lipinski definition) is 1. The highest BCUT2D eigenvalue weighted by Gasteiger charge is 2.20. The first-order valence-electron chi connectivity index (χ1n) is 6.18. The first kappa shape index (κ1) is 15.3. The van der Waals surface area contributed by atoms with Crippen LogP contribution in [0.15, 0.2) is 34.8 Å². The lowest BCUT2D eigenvalue weighted by Gasteiger charge is -2.18. The van der Waals surface area contributed by atoms with Gasteiger partial charge in [0.1, 0.15) is 11.6 Å². The summed E-state index contributed by atoms with van der Waals surface area (Å²) in [5.41, 5.74) is 4.06. The zero-order valence-electron chi connectivity index (χ0n) is 11.5. The quantitative estimate of drug-likeness (QED) is 0.655. The maximum Gasteiger partial charge on any atom is 0.141 e. The molecular formula is C16H15BrClFO. The average Bonchev–Trinajstić information content (AvgIpc) is 2.43. The second-order valence-electron chi connectivity index (χ2n) is 4.66. The summed E-state index contributed by atoms with van der Waals surface area (Å²) in [6, 6.07) is 9.02. The molecule has 4 heteroatoms. The third-order valence-electron chi connectivity index (χ3n) is 3.47. The Morgan fingerprint density at radius 2 is 1.90 bits per heavy atom. The summed E-state index contributed by atoms with van der Waals surface area (Å²) in [5.74, 6) is 0.0852. The van der Waals surface area contributed by atoms with Crippen LogP contribution in [0.3, 0.4) is 0 Å². The molecule has 0 fully saturated rings. The highest BCUT2D eigenvalue weighted by Crippen LogP contribution is 2.39. The molecule has 0 saturated heterocycles. The molecule has 1 atom stereocenters. The van der Waals surface area contributed by atoms with E-state index >= 15 is 0 Å². The fraction of sp³-hybridized carbons (Fsp3) is 0.250. The molecule has 0 aliphatic heterocycles. The maximum absolute atomic E-state index is 13.6. The molecule has 0 bridgehead atoms. The standard InChI is InChI=1S/C16H15BrClFO/c1-9-5-4-6-11(10(9)2)16(18)12-7-13(17)14(19)8-15(12)20-3/h4-8,16H,1-3H3. The van der Waals surface area contributed by atoms with E-state index in [9.17, 15) is 4.39 Å². The van der Waals surface area contributed by atoms with E-state index in [4.69, 9.17) is 16.3 Å². The molecule has 1 unspecified atom stereocenters. The van der Waals surface area contributed by atoms with Crippen molar-refractivity contribution in [1.82, 2.24) is 0 Å². The monoisotopic (exact) mass is 356 g/mol. The molecule has 0 spiro atoms. The average molecular weight is 358 g/mol. The molecule has 0 N–H and O–H groups in total. The first-order chi connectivity index (χ1) is 9.45. The molecule has 0 amide bonds. The van der Waals surface area contributed by atoms with E-state index in [1.54, 1.807) is 6.07 Å². The van der Waals surface area contributed by atoms with E-state index in [0.717, 1.165) is 16.7 Å². The van der Waals surface area contributed by atoms with Gasteiger partial charge >= 0.3 is 0 Å². The fourth-order valence-electron chi connectivity index (χ4n) is 2.13.